The Kier molecular flexibility index (Phi) is 8.85. The van der Waals surface area contributed by atoms with E-state index in [1.54, 1.807) is 42.5 Å². The van der Waals surface area contributed by atoms with Gasteiger partial charge in [0.25, 0.3) is 0 Å². The highest BCUT2D eigenvalue weighted by molar-refractivity contribution is 9.10. The maximum absolute atomic E-state index is 14.0. The van der Waals surface area contributed by atoms with Crippen LogP contribution in [0.25, 0.3) is 0 Å². The summed E-state index contributed by atoms with van der Waals surface area (Å²) in [7, 11) is 1.49. The van der Waals surface area contributed by atoms with Crippen LogP contribution in [0, 0.1) is 5.82 Å². The molecule has 200 valence electrons. The number of carbonyl (C=O) groups excluding carboxylic acids is 1. The molecule has 0 radical (unpaired) electrons. The van der Waals surface area contributed by atoms with Crippen molar-refractivity contribution in [1.82, 2.24) is 0 Å². The van der Waals surface area contributed by atoms with Gasteiger partial charge in [-0.25, -0.2) is 9.18 Å². The Hall–Kier alpha value is -3.63. The fourth-order valence-corrected chi connectivity index (χ4v) is 4.88. The predicted octanol–water partition coefficient (Wildman–Crippen LogP) is 5.26. The molecule has 4 rings (SSSR count). The van der Waals surface area contributed by atoms with Gasteiger partial charge in [-0.2, -0.15) is 0 Å². The molecule has 1 aliphatic rings. The molecule has 1 amide bonds. The second kappa shape index (κ2) is 12.3. The first-order valence-corrected chi connectivity index (χ1v) is 12.8. The summed E-state index contributed by atoms with van der Waals surface area (Å²) in [6.45, 7) is 3.83. The van der Waals surface area contributed by atoms with Gasteiger partial charge in [-0.05, 0) is 57.9 Å². The minimum atomic E-state index is -1.07. The van der Waals surface area contributed by atoms with E-state index in [0.29, 0.717) is 59.2 Å². The number of methoxy groups -OCH3 is 1. The number of carboxylic acid groups (broad SMARTS) is 1. The molecule has 0 aromatic heterocycles. The molecule has 8 nitrogen and oxygen atoms in total. The molecule has 0 unspecified atom stereocenters. The van der Waals surface area contributed by atoms with Crippen LogP contribution in [0.15, 0.2) is 59.1 Å². The predicted molar refractivity (Wildman–Crippen MR) is 145 cm³/mol. The summed E-state index contributed by atoms with van der Waals surface area (Å²) in [5.74, 6) is -0.885. The first-order chi connectivity index (χ1) is 18.3. The summed E-state index contributed by atoms with van der Waals surface area (Å²) < 4.78 is 31.4. The van der Waals surface area contributed by atoms with Crippen LogP contribution in [0.5, 0.6) is 11.5 Å². The standard InChI is InChI=1S/C28H28BrFN2O6/c1-18(33)32(21-7-8-25(22(15-21)28(34)35)31-9-11-37-12-10-31)16-19-13-23(29)27(26(14-19)36-2)38-17-20-5-3-4-6-24(20)30/h3-8,13-15H,9-12,16-17H2,1-2H3,(H,34,35). The van der Waals surface area contributed by atoms with Crippen LogP contribution in [0.3, 0.4) is 0 Å². The smallest absolute Gasteiger partial charge is 0.337 e. The first kappa shape index (κ1) is 27.4. The normalized spacial score (nSPS) is 13.2. The molecule has 1 saturated heterocycles. The Balaban J connectivity index is 1.60. The summed E-state index contributed by atoms with van der Waals surface area (Å²) >= 11 is 3.50. The van der Waals surface area contributed by atoms with Gasteiger partial charge in [-0.3, -0.25) is 4.79 Å². The maximum Gasteiger partial charge on any atom is 0.337 e. The van der Waals surface area contributed by atoms with Gasteiger partial charge in [0.05, 0.1) is 42.6 Å². The van der Waals surface area contributed by atoms with E-state index in [2.05, 4.69) is 15.9 Å². The van der Waals surface area contributed by atoms with Crippen molar-refractivity contribution in [2.45, 2.75) is 20.1 Å². The van der Waals surface area contributed by atoms with Crippen LogP contribution in [0.4, 0.5) is 15.8 Å². The number of hydrogen-bond acceptors (Lipinski definition) is 6. The maximum atomic E-state index is 14.0. The number of carboxylic acids is 1. The van der Waals surface area contributed by atoms with Gasteiger partial charge in [-0.15, -0.1) is 0 Å². The van der Waals surface area contributed by atoms with Gasteiger partial charge >= 0.3 is 5.97 Å². The molecule has 1 aliphatic heterocycles. The fourth-order valence-electron chi connectivity index (χ4n) is 4.28. The molecule has 3 aromatic rings. The molecule has 38 heavy (non-hydrogen) atoms. The number of ether oxygens (including phenoxy) is 3. The van der Waals surface area contributed by atoms with Crippen LogP contribution in [-0.2, 0) is 22.7 Å². The van der Waals surface area contributed by atoms with E-state index in [-0.39, 0.29) is 30.4 Å². The van der Waals surface area contributed by atoms with Crippen molar-refractivity contribution in [3.63, 3.8) is 0 Å². The number of hydrogen-bond donors (Lipinski definition) is 1. The van der Waals surface area contributed by atoms with Crippen LogP contribution in [0.2, 0.25) is 0 Å². The van der Waals surface area contributed by atoms with Crippen molar-refractivity contribution in [1.29, 1.82) is 0 Å². The summed E-state index contributed by atoms with van der Waals surface area (Å²) in [5.41, 5.74) is 2.29. The minimum absolute atomic E-state index is 0.00794. The molecule has 0 saturated carbocycles. The lowest BCUT2D eigenvalue weighted by molar-refractivity contribution is -0.116. The van der Waals surface area contributed by atoms with E-state index in [1.165, 1.54) is 31.1 Å². The number of benzene rings is 3. The first-order valence-electron chi connectivity index (χ1n) is 12.0. The second-order valence-corrected chi connectivity index (χ2v) is 9.55. The number of rotatable bonds is 9. The van der Waals surface area contributed by atoms with E-state index < -0.39 is 5.97 Å². The molecule has 0 atom stereocenters. The molecule has 0 aliphatic carbocycles. The number of aromatic carboxylic acids is 1. The van der Waals surface area contributed by atoms with Gasteiger partial charge < -0.3 is 29.1 Å². The zero-order chi connectivity index (χ0) is 27.2. The molecule has 1 N–H and O–H groups in total. The minimum Gasteiger partial charge on any atom is -0.493 e. The molecule has 1 heterocycles. The zero-order valence-corrected chi connectivity index (χ0v) is 22.7. The molecule has 0 bridgehead atoms. The number of anilines is 2. The average Bonchev–Trinajstić information content (AvgIpc) is 2.91. The van der Waals surface area contributed by atoms with Crippen LogP contribution < -0.4 is 19.3 Å². The quantitative estimate of drug-likeness (QED) is 0.365. The van der Waals surface area contributed by atoms with E-state index in [9.17, 15) is 19.1 Å². The number of morpholine rings is 1. The van der Waals surface area contributed by atoms with Gasteiger partial charge in [0.2, 0.25) is 5.91 Å². The van der Waals surface area contributed by atoms with Crippen LogP contribution in [0.1, 0.15) is 28.4 Å². The van der Waals surface area contributed by atoms with Gasteiger partial charge in [0, 0.05) is 31.3 Å². The van der Waals surface area contributed by atoms with E-state index in [4.69, 9.17) is 14.2 Å². The van der Waals surface area contributed by atoms with E-state index in [1.807, 2.05) is 4.90 Å². The van der Waals surface area contributed by atoms with Crippen molar-refractivity contribution in [3.05, 3.63) is 81.6 Å². The third kappa shape index (κ3) is 6.25. The van der Waals surface area contributed by atoms with E-state index in [0.717, 1.165) is 5.56 Å². The lowest BCUT2D eigenvalue weighted by Gasteiger charge is -2.31. The average molecular weight is 587 g/mol. The molecule has 1 fully saturated rings. The largest absolute Gasteiger partial charge is 0.493 e. The number of amides is 1. The van der Waals surface area contributed by atoms with Gasteiger partial charge in [-0.1, -0.05) is 18.2 Å². The monoisotopic (exact) mass is 586 g/mol. The summed E-state index contributed by atoms with van der Waals surface area (Å²) in [5, 5.41) is 9.89. The lowest BCUT2D eigenvalue weighted by Crippen LogP contribution is -2.37. The number of halogens is 2. The van der Waals surface area contributed by atoms with Crippen molar-refractivity contribution in [3.8, 4) is 11.5 Å². The Morgan fingerprint density at radius 1 is 1.13 bits per heavy atom. The third-order valence-corrected chi connectivity index (χ3v) is 6.80. The summed E-state index contributed by atoms with van der Waals surface area (Å²) in [6, 6.07) is 14.9. The van der Waals surface area contributed by atoms with Crippen LogP contribution in [-0.4, -0.2) is 50.4 Å². The molecular weight excluding hydrogens is 559 g/mol. The van der Waals surface area contributed by atoms with Crippen molar-refractivity contribution in [2.24, 2.45) is 0 Å². The highest BCUT2D eigenvalue weighted by atomic mass is 79.9. The second-order valence-electron chi connectivity index (χ2n) is 8.70. The Labute approximate surface area is 228 Å². The number of nitrogens with zero attached hydrogens (tertiary/aromatic N) is 2. The molecular formula is C28H28BrFN2O6. The third-order valence-electron chi connectivity index (χ3n) is 6.21. The molecule has 0 spiro atoms. The zero-order valence-electron chi connectivity index (χ0n) is 21.1. The van der Waals surface area contributed by atoms with Gasteiger partial charge in [0.15, 0.2) is 11.5 Å². The Morgan fingerprint density at radius 2 is 1.87 bits per heavy atom. The SMILES string of the molecule is COc1cc(CN(C(C)=O)c2ccc(N3CCOCC3)c(C(=O)O)c2)cc(Br)c1OCc1ccccc1F. The fraction of sp³-hybridized carbons (Fsp3) is 0.286. The highest BCUT2D eigenvalue weighted by Gasteiger charge is 2.22. The Bertz CT molecular complexity index is 1330. The van der Waals surface area contributed by atoms with Crippen molar-refractivity contribution < 1.29 is 33.3 Å². The lowest BCUT2D eigenvalue weighted by atomic mass is 10.1. The van der Waals surface area contributed by atoms with Gasteiger partial charge in [0.1, 0.15) is 12.4 Å². The summed E-state index contributed by atoms with van der Waals surface area (Å²) in [4.78, 5) is 28.2. The van der Waals surface area contributed by atoms with Crippen LogP contribution >= 0.6 is 15.9 Å². The summed E-state index contributed by atoms with van der Waals surface area (Å²) in [6.07, 6.45) is 0. The molecule has 10 heteroatoms. The molecule has 3 aromatic carbocycles. The number of carbonyl (C=O) groups is 2. The van der Waals surface area contributed by atoms with Crippen molar-refractivity contribution in [2.75, 3.05) is 43.2 Å². The van der Waals surface area contributed by atoms with Crippen molar-refractivity contribution >= 4 is 39.2 Å². The topological polar surface area (TPSA) is 88.5 Å². The highest BCUT2D eigenvalue weighted by Crippen LogP contribution is 2.38. The van der Waals surface area contributed by atoms with E-state index >= 15 is 0 Å². The Morgan fingerprint density at radius 3 is 2.53 bits per heavy atom.